The minimum absolute atomic E-state index is 0. The van der Waals surface area contributed by atoms with E-state index in [1.807, 2.05) is 12.1 Å². The van der Waals surface area contributed by atoms with Crippen molar-refractivity contribution in [3.05, 3.63) is 48.0 Å². The second kappa shape index (κ2) is 11.8. The SMILES string of the molecule is COc1ccc(CC(C)(C)NCC(O)COc2ccc(OC)c(OC)c2)cc1.Cl. The van der Waals surface area contributed by atoms with Crippen LogP contribution in [-0.4, -0.2) is 51.2 Å². The number of ether oxygens (including phenoxy) is 4. The van der Waals surface area contributed by atoms with Crippen LogP contribution in [0.25, 0.3) is 0 Å². The molecule has 6 nitrogen and oxygen atoms in total. The van der Waals surface area contributed by atoms with Crippen molar-refractivity contribution in [1.29, 1.82) is 0 Å². The van der Waals surface area contributed by atoms with Crippen molar-refractivity contribution in [3.63, 3.8) is 0 Å². The molecule has 0 aliphatic rings. The number of nitrogens with one attached hydrogen (secondary N) is 1. The maximum atomic E-state index is 10.3. The van der Waals surface area contributed by atoms with Crippen molar-refractivity contribution in [2.24, 2.45) is 0 Å². The van der Waals surface area contributed by atoms with E-state index >= 15 is 0 Å². The number of benzene rings is 2. The molecule has 29 heavy (non-hydrogen) atoms. The topological polar surface area (TPSA) is 69.2 Å². The minimum atomic E-state index is -0.636. The van der Waals surface area contributed by atoms with Gasteiger partial charge in [-0.15, -0.1) is 12.4 Å². The monoisotopic (exact) mass is 425 g/mol. The van der Waals surface area contributed by atoms with Crippen LogP contribution >= 0.6 is 12.4 Å². The van der Waals surface area contributed by atoms with Gasteiger partial charge in [0.2, 0.25) is 0 Å². The molecule has 0 spiro atoms. The van der Waals surface area contributed by atoms with Crippen LogP contribution in [0.1, 0.15) is 19.4 Å². The number of hydrogen-bond donors (Lipinski definition) is 2. The Morgan fingerprint density at radius 1 is 0.897 bits per heavy atom. The van der Waals surface area contributed by atoms with Crippen molar-refractivity contribution >= 4 is 12.4 Å². The molecule has 0 bridgehead atoms. The van der Waals surface area contributed by atoms with Crippen LogP contribution in [0.2, 0.25) is 0 Å². The summed E-state index contributed by atoms with van der Waals surface area (Å²) >= 11 is 0. The molecule has 2 rings (SSSR count). The highest BCUT2D eigenvalue weighted by molar-refractivity contribution is 5.85. The van der Waals surface area contributed by atoms with E-state index < -0.39 is 6.10 Å². The fourth-order valence-corrected chi connectivity index (χ4v) is 2.87. The standard InChI is InChI=1S/C22H31NO5.ClH/c1-22(2,13-16-6-8-18(25-3)9-7-16)23-14-17(24)15-28-19-10-11-20(26-4)21(12-19)27-5;/h6-12,17,23-24H,13-15H2,1-5H3;1H. The normalized spacial score (nSPS) is 11.9. The summed E-state index contributed by atoms with van der Waals surface area (Å²) in [5.41, 5.74) is 1.04. The van der Waals surface area contributed by atoms with E-state index in [0.717, 1.165) is 12.2 Å². The third-order valence-corrected chi connectivity index (χ3v) is 4.42. The molecule has 0 saturated carbocycles. The molecule has 0 amide bonds. The average molecular weight is 426 g/mol. The smallest absolute Gasteiger partial charge is 0.164 e. The van der Waals surface area contributed by atoms with Gasteiger partial charge in [-0.3, -0.25) is 0 Å². The fraction of sp³-hybridized carbons (Fsp3) is 0.455. The molecule has 0 aliphatic carbocycles. The van der Waals surface area contributed by atoms with Gasteiger partial charge in [-0.1, -0.05) is 12.1 Å². The van der Waals surface area contributed by atoms with Gasteiger partial charge in [0.1, 0.15) is 24.2 Å². The summed E-state index contributed by atoms with van der Waals surface area (Å²) in [4.78, 5) is 0. The molecule has 0 aromatic heterocycles. The van der Waals surface area contributed by atoms with Crippen LogP contribution in [0.15, 0.2) is 42.5 Å². The van der Waals surface area contributed by atoms with Gasteiger partial charge in [-0.05, 0) is 50.1 Å². The highest BCUT2D eigenvalue weighted by atomic mass is 35.5. The lowest BCUT2D eigenvalue weighted by molar-refractivity contribution is 0.0986. The molecule has 7 heteroatoms. The molecule has 2 aromatic rings. The van der Waals surface area contributed by atoms with Crippen molar-refractivity contribution in [1.82, 2.24) is 5.32 Å². The summed E-state index contributed by atoms with van der Waals surface area (Å²) in [5.74, 6) is 2.69. The molecule has 1 atom stereocenters. The number of aliphatic hydroxyl groups excluding tert-OH is 1. The molecule has 2 aromatic carbocycles. The first-order chi connectivity index (χ1) is 13.4. The number of halogens is 1. The van der Waals surface area contributed by atoms with E-state index in [-0.39, 0.29) is 24.6 Å². The van der Waals surface area contributed by atoms with Gasteiger partial charge in [0, 0.05) is 18.2 Å². The predicted molar refractivity (Wildman–Crippen MR) is 117 cm³/mol. The third kappa shape index (κ3) is 8.01. The Hall–Kier alpha value is -2.15. The Kier molecular flexibility index (Phi) is 10.1. The number of aliphatic hydroxyl groups is 1. The zero-order valence-electron chi connectivity index (χ0n) is 17.7. The number of rotatable bonds is 11. The highest BCUT2D eigenvalue weighted by Crippen LogP contribution is 2.30. The third-order valence-electron chi connectivity index (χ3n) is 4.42. The summed E-state index contributed by atoms with van der Waals surface area (Å²) in [5, 5.41) is 13.7. The van der Waals surface area contributed by atoms with E-state index in [2.05, 4.69) is 31.3 Å². The zero-order chi connectivity index (χ0) is 20.6. The average Bonchev–Trinajstić information content (AvgIpc) is 2.70. The van der Waals surface area contributed by atoms with Crippen LogP contribution in [0.5, 0.6) is 23.0 Å². The molecule has 2 N–H and O–H groups in total. The van der Waals surface area contributed by atoms with Gasteiger partial charge in [-0.2, -0.15) is 0 Å². The Morgan fingerprint density at radius 3 is 2.10 bits per heavy atom. The Morgan fingerprint density at radius 2 is 1.52 bits per heavy atom. The van der Waals surface area contributed by atoms with Gasteiger partial charge in [0.15, 0.2) is 11.5 Å². The number of β-amino-alcohol motifs (C(OH)–C–C–N with tert-alkyl or cyclic N) is 1. The van der Waals surface area contributed by atoms with Gasteiger partial charge < -0.3 is 29.4 Å². The van der Waals surface area contributed by atoms with E-state index in [1.54, 1.807) is 39.5 Å². The lowest BCUT2D eigenvalue weighted by Gasteiger charge is -2.28. The van der Waals surface area contributed by atoms with Crippen LogP contribution in [0, 0.1) is 0 Å². The van der Waals surface area contributed by atoms with Gasteiger partial charge >= 0.3 is 0 Å². The molecule has 1 unspecified atom stereocenters. The zero-order valence-corrected chi connectivity index (χ0v) is 18.5. The van der Waals surface area contributed by atoms with Crippen molar-refractivity contribution < 1.29 is 24.1 Å². The van der Waals surface area contributed by atoms with Crippen molar-refractivity contribution in [2.75, 3.05) is 34.5 Å². The van der Waals surface area contributed by atoms with E-state index in [9.17, 15) is 5.11 Å². The Balaban J connectivity index is 0.00000420. The summed E-state index contributed by atoms with van der Waals surface area (Å²) in [6.45, 7) is 4.83. The first kappa shape index (κ1) is 24.9. The van der Waals surface area contributed by atoms with E-state index in [1.165, 1.54) is 5.56 Å². The summed E-state index contributed by atoms with van der Waals surface area (Å²) in [6.07, 6.45) is 0.198. The Bertz CT molecular complexity index is 736. The number of methoxy groups -OCH3 is 3. The minimum Gasteiger partial charge on any atom is -0.497 e. The Labute approximate surface area is 179 Å². The van der Waals surface area contributed by atoms with Crippen LogP contribution < -0.4 is 24.3 Å². The summed E-state index contributed by atoms with van der Waals surface area (Å²) < 4.78 is 21.3. The first-order valence-electron chi connectivity index (χ1n) is 9.27. The first-order valence-corrected chi connectivity index (χ1v) is 9.27. The molecule has 0 saturated heterocycles. The highest BCUT2D eigenvalue weighted by Gasteiger charge is 2.19. The molecule has 0 fully saturated rings. The number of hydrogen-bond acceptors (Lipinski definition) is 6. The quantitative estimate of drug-likeness (QED) is 0.574. The molecular weight excluding hydrogens is 394 g/mol. The maximum absolute atomic E-state index is 10.3. The summed E-state index contributed by atoms with van der Waals surface area (Å²) in [7, 11) is 4.82. The van der Waals surface area contributed by atoms with Crippen molar-refractivity contribution in [3.8, 4) is 23.0 Å². The van der Waals surface area contributed by atoms with E-state index in [0.29, 0.717) is 23.8 Å². The van der Waals surface area contributed by atoms with Crippen LogP contribution in [0.3, 0.4) is 0 Å². The van der Waals surface area contributed by atoms with Gasteiger partial charge in [0.05, 0.1) is 21.3 Å². The van der Waals surface area contributed by atoms with Crippen LogP contribution in [-0.2, 0) is 6.42 Å². The molecule has 162 valence electrons. The maximum Gasteiger partial charge on any atom is 0.164 e. The lowest BCUT2D eigenvalue weighted by atomic mass is 9.94. The molecular formula is C22H32ClNO5. The van der Waals surface area contributed by atoms with E-state index in [4.69, 9.17) is 18.9 Å². The lowest BCUT2D eigenvalue weighted by Crippen LogP contribution is -2.46. The van der Waals surface area contributed by atoms with Gasteiger partial charge in [-0.25, -0.2) is 0 Å². The summed E-state index contributed by atoms with van der Waals surface area (Å²) in [6, 6.07) is 13.3. The molecule has 0 aliphatic heterocycles. The van der Waals surface area contributed by atoms with Gasteiger partial charge in [0.25, 0.3) is 0 Å². The largest absolute Gasteiger partial charge is 0.497 e. The molecule has 0 heterocycles. The second-order valence-corrected chi connectivity index (χ2v) is 7.27. The van der Waals surface area contributed by atoms with Crippen molar-refractivity contribution in [2.45, 2.75) is 31.9 Å². The van der Waals surface area contributed by atoms with Crippen LogP contribution in [0.4, 0.5) is 0 Å². The fourth-order valence-electron chi connectivity index (χ4n) is 2.87. The second-order valence-electron chi connectivity index (χ2n) is 7.27. The predicted octanol–water partition coefficient (Wildman–Crippen LogP) is 3.48. The molecule has 0 radical (unpaired) electrons.